The maximum absolute atomic E-state index is 6.64. The molecule has 0 aliphatic carbocycles. The van der Waals surface area contributed by atoms with E-state index >= 15 is 0 Å². The molecule has 0 aliphatic heterocycles. The van der Waals surface area contributed by atoms with Crippen molar-refractivity contribution in [2.45, 2.75) is 0 Å². The first-order chi connectivity index (χ1) is 23.8. The fourth-order valence-corrected chi connectivity index (χ4v) is 7.03. The first-order valence-electron chi connectivity index (χ1n) is 16.0. The highest BCUT2D eigenvalue weighted by atomic mass is 16.3. The van der Waals surface area contributed by atoms with E-state index in [1.165, 1.54) is 0 Å². The molecule has 0 saturated heterocycles. The van der Waals surface area contributed by atoms with Gasteiger partial charge < -0.3 is 4.42 Å². The van der Waals surface area contributed by atoms with Crippen LogP contribution in [0.25, 0.3) is 94.4 Å². The van der Waals surface area contributed by atoms with Crippen LogP contribution < -0.4 is 0 Å². The maximum atomic E-state index is 6.64. The number of pyridine rings is 1. The monoisotopic (exact) mass is 614 g/mol. The van der Waals surface area contributed by atoms with Gasteiger partial charge in [0.1, 0.15) is 16.9 Å². The van der Waals surface area contributed by atoms with Crippen molar-refractivity contribution in [2.75, 3.05) is 0 Å². The number of aromatic nitrogens is 4. The van der Waals surface area contributed by atoms with E-state index in [1.807, 2.05) is 54.6 Å². The topological polar surface area (TPSA) is 56.7 Å². The Labute approximate surface area is 275 Å². The van der Waals surface area contributed by atoms with E-state index in [4.69, 9.17) is 19.4 Å². The van der Waals surface area contributed by atoms with E-state index < -0.39 is 0 Å². The maximum Gasteiger partial charge on any atom is 0.162 e. The Morgan fingerprint density at radius 2 is 1.06 bits per heavy atom. The van der Waals surface area contributed by atoms with Gasteiger partial charge in [0.25, 0.3) is 0 Å². The fraction of sp³-hybridized carbons (Fsp3) is 0. The Hall–Kier alpha value is -6.59. The molecule has 0 bridgehead atoms. The molecule has 0 amide bonds. The van der Waals surface area contributed by atoms with Crippen molar-refractivity contribution in [3.05, 3.63) is 158 Å². The number of furan rings is 1. The van der Waals surface area contributed by atoms with Crippen LogP contribution in [0.5, 0.6) is 0 Å². The van der Waals surface area contributed by atoms with Gasteiger partial charge in [-0.05, 0) is 30.3 Å². The largest absolute Gasteiger partial charge is 0.454 e. The van der Waals surface area contributed by atoms with Crippen molar-refractivity contribution in [2.24, 2.45) is 0 Å². The number of nitrogens with zero attached hydrogens (tertiary/aromatic N) is 4. The molecule has 5 heteroatoms. The van der Waals surface area contributed by atoms with Crippen LogP contribution in [0.3, 0.4) is 0 Å². The lowest BCUT2D eigenvalue weighted by molar-refractivity contribution is 0.668. The van der Waals surface area contributed by atoms with Gasteiger partial charge in [-0.25, -0.2) is 15.0 Å². The number of rotatable bonds is 4. The number of hydrogen-bond donors (Lipinski definition) is 0. The molecule has 0 N–H and O–H groups in total. The van der Waals surface area contributed by atoms with Gasteiger partial charge in [0, 0.05) is 49.3 Å². The Balaban J connectivity index is 1.21. The molecule has 10 aromatic rings. The number of fused-ring (bicyclic) bond motifs is 8. The SMILES string of the molecule is c1ccc(-c2nc(-c3ccc(-c4nc5c(c6ccccc6n5-c5ccccc5)c5c4oc4ccccc45)cc3)nc3ccccc23)cc1. The third-order valence-corrected chi connectivity index (χ3v) is 9.21. The van der Waals surface area contributed by atoms with Crippen LogP contribution in [0.15, 0.2) is 162 Å². The third kappa shape index (κ3) is 4.01. The molecule has 0 aliphatic rings. The molecule has 6 aromatic carbocycles. The zero-order chi connectivity index (χ0) is 31.6. The first-order valence-corrected chi connectivity index (χ1v) is 16.0. The van der Waals surface area contributed by atoms with E-state index in [2.05, 4.69) is 108 Å². The summed E-state index contributed by atoms with van der Waals surface area (Å²) in [5.41, 5.74) is 10.3. The normalized spacial score (nSPS) is 11.8. The van der Waals surface area contributed by atoms with E-state index in [-0.39, 0.29) is 0 Å². The summed E-state index contributed by atoms with van der Waals surface area (Å²) in [6.07, 6.45) is 0. The van der Waals surface area contributed by atoms with Crippen LogP contribution in [0.1, 0.15) is 0 Å². The second-order valence-corrected chi connectivity index (χ2v) is 12.0. The minimum Gasteiger partial charge on any atom is -0.454 e. The van der Waals surface area contributed by atoms with Crippen molar-refractivity contribution in [1.29, 1.82) is 0 Å². The predicted molar refractivity (Wildman–Crippen MR) is 195 cm³/mol. The quantitative estimate of drug-likeness (QED) is 0.198. The zero-order valence-corrected chi connectivity index (χ0v) is 25.7. The van der Waals surface area contributed by atoms with Gasteiger partial charge in [-0.1, -0.05) is 127 Å². The van der Waals surface area contributed by atoms with Crippen LogP contribution in [0, 0.1) is 0 Å². The minimum absolute atomic E-state index is 0.681. The van der Waals surface area contributed by atoms with Crippen molar-refractivity contribution < 1.29 is 4.42 Å². The number of benzene rings is 6. The smallest absolute Gasteiger partial charge is 0.162 e. The third-order valence-electron chi connectivity index (χ3n) is 9.21. The van der Waals surface area contributed by atoms with Crippen LogP contribution in [-0.4, -0.2) is 19.5 Å². The van der Waals surface area contributed by atoms with Gasteiger partial charge >= 0.3 is 0 Å². The van der Waals surface area contributed by atoms with Gasteiger partial charge in [-0.2, -0.15) is 0 Å². The van der Waals surface area contributed by atoms with Gasteiger partial charge in [-0.3, -0.25) is 4.57 Å². The second kappa shape index (κ2) is 10.5. The second-order valence-electron chi connectivity index (χ2n) is 12.0. The van der Waals surface area contributed by atoms with Crippen LogP contribution in [0.4, 0.5) is 0 Å². The van der Waals surface area contributed by atoms with Crippen molar-refractivity contribution in [3.8, 4) is 39.6 Å². The molecule has 224 valence electrons. The van der Waals surface area contributed by atoms with Crippen LogP contribution >= 0.6 is 0 Å². The molecule has 0 unspecified atom stereocenters. The summed E-state index contributed by atoms with van der Waals surface area (Å²) in [7, 11) is 0. The van der Waals surface area contributed by atoms with E-state index in [0.717, 1.165) is 88.5 Å². The molecule has 0 spiro atoms. The summed E-state index contributed by atoms with van der Waals surface area (Å²) in [5, 5.41) is 5.41. The first kappa shape index (κ1) is 26.6. The van der Waals surface area contributed by atoms with Crippen molar-refractivity contribution in [3.63, 3.8) is 0 Å². The minimum atomic E-state index is 0.681. The van der Waals surface area contributed by atoms with Gasteiger partial charge in [0.2, 0.25) is 0 Å². The number of para-hydroxylation sites is 4. The molecular weight excluding hydrogens is 589 g/mol. The highest BCUT2D eigenvalue weighted by Gasteiger charge is 2.23. The summed E-state index contributed by atoms with van der Waals surface area (Å²) in [6.45, 7) is 0. The van der Waals surface area contributed by atoms with Crippen molar-refractivity contribution >= 4 is 54.8 Å². The molecular formula is C43H26N4O. The lowest BCUT2D eigenvalue weighted by Crippen LogP contribution is -1.97. The molecule has 5 nitrogen and oxygen atoms in total. The highest BCUT2D eigenvalue weighted by Crippen LogP contribution is 2.44. The van der Waals surface area contributed by atoms with E-state index in [0.29, 0.717) is 5.82 Å². The summed E-state index contributed by atoms with van der Waals surface area (Å²) < 4.78 is 8.90. The zero-order valence-electron chi connectivity index (χ0n) is 25.7. The summed E-state index contributed by atoms with van der Waals surface area (Å²) in [5.74, 6) is 0.681. The molecule has 0 saturated carbocycles. The Morgan fingerprint density at radius 3 is 1.88 bits per heavy atom. The van der Waals surface area contributed by atoms with Gasteiger partial charge in [-0.15, -0.1) is 0 Å². The average molecular weight is 615 g/mol. The standard InChI is InChI=1S/C43H26N4O/c1-3-13-27(14-4-1)39-31-17-7-10-20-34(31)44-42(45-39)29-25-23-28(24-26-29)40-41-37(33-19-9-12-22-36(33)48-41)38-32-18-8-11-21-35(32)47(43(38)46-40)30-15-5-2-6-16-30/h1-26H. The average Bonchev–Trinajstić information content (AvgIpc) is 3.71. The van der Waals surface area contributed by atoms with Crippen LogP contribution in [-0.2, 0) is 0 Å². The molecule has 0 atom stereocenters. The molecule has 10 rings (SSSR count). The van der Waals surface area contributed by atoms with Gasteiger partial charge in [0.15, 0.2) is 11.4 Å². The fourth-order valence-electron chi connectivity index (χ4n) is 7.03. The highest BCUT2D eigenvalue weighted by molar-refractivity contribution is 6.28. The summed E-state index contributed by atoms with van der Waals surface area (Å²) in [4.78, 5) is 15.5. The lowest BCUT2D eigenvalue weighted by Gasteiger charge is -2.11. The molecule has 48 heavy (non-hydrogen) atoms. The summed E-state index contributed by atoms with van der Waals surface area (Å²) >= 11 is 0. The Kier molecular flexibility index (Phi) is 5.81. The van der Waals surface area contributed by atoms with E-state index in [1.54, 1.807) is 0 Å². The van der Waals surface area contributed by atoms with Crippen molar-refractivity contribution in [1.82, 2.24) is 19.5 Å². The van der Waals surface area contributed by atoms with E-state index in [9.17, 15) is 0 Å². The lowest BCUT2D eigenvalue weighted by atomic mass is 10.0. The Bertz CT molecular complexity index is 2820. The molecule has 4 heterocycles. The molecule has 4 aromatic heterocycles. The van der Waals surface area contributed by atoms with Gasteiger partial charge in [0.05, 0.1) is 16.7 Å². The number of hydrogen-bond acceptors (Lipinski definition) is 4. The Morgan fingerprint density at radius 1 is 0.438 bits per heavy atom. The molecule has 0 fully saturated rings. The predicted octanol–water partition coefficient (Wildman–Crippen LogP) is 11.0. The van der Waals surface area contributed by atoms with Crippen LogP contribution in [0.2, 0.25) is 0 Å². The molecule has 0 radical (unpaired) electrons. The summed E-state index contributed by atoms with van der Waals surface area (Å²) in [6, 6.07) is 54.1.